The van der Waals surface area contributed by atoms with Crippen molar-refractivity contribution in [1.82, 2.24) is 9.97 Å². The summed E-state index contributed by atoms with van der Waals surface area (Å²) < 4.78 is 5.00. The second kappa shape index (κ2) is 11.3. The Hall–Kier alpha value is -2.34. The van der Waals surface area contributed by atoms with Crippen LogP contribution >= 0.6 is 11.6 Å². The Morgan fingerprint density at radius 1 is 1.23 bits per heavy atom. The van der Waals surface area contributed by atoms with Gasteiger partial charge in [-0.3, -0.25) is 4.79 Å². The topological polar surface area (TPSA) is 67.3 Å². The third-order valence-corrected chi connectivity index (χ3v) is 5.96. The largest absolute Gasteiger partial charge is 0.467 e. The molecule has 1 N–H and O–H groups in total. The highest BCUT2D eigenvalue weighted by atomic mass is 35.5. The molecule has 1 aromatic carbocycles. The van der Waals surface area contributed by atoms with Crippen molar-refractivity contribution in [3.63, 3.8) is 0 Å². The lowest BCUT2D eigenvalue weighted by Crippen LogP contribution is -2.39. The van der Waals surface area contributed by atoms with Crippen molar-refractivity contribution in [1.29, 1.82) is 0 Å². The fourth-order valence-electron chi connectivity index (χ4n) is 4.26. The highest BCUT2D eigenvalue weighted by molar-refractivity contribution is 6.28. The lowest BCUT2D eigenvalue weighted by molar-refractivity contribution is -0.129. The number of ether oxygens (including phenoxy) is 1. The van der Waals surface area contributed by atoms with E-state index in [-0.39, 0.29) is 11.2 Å². The summed E-state index contributed by atoms with van der Waals surface area (Å²) in [7, 11) is 0. The monoisotopic (exact) mass is 444 g/mol. The first-order valence-electron chi connectivity index (χ1n) is 11.2. The number of hydrogen-bond donors (Lipinski definition) is 1. The predicted molar refractivity (Wildman–Crippen MR) is 126 cm³/mol. The molecule has 1 heterocycles. The summed E-state index contributed by atoms with van der Waals surface area (Å²) in [6, 6.07) is 8.82. The van der Waals surface area contributed by atoms with Crippen LogP contribution in [0.5, 0.6) is 0 Å². The zero-order valence-corrected chi connectivity index (χ0v) is 19.4. The van der Waals surface area contributed by atoms with Gasteiger partial charge in [0.1, 0.15) is 5.82 Å². The maximum absolute atomic E-state index is 10.6. The number of halogens is 1. The standard InChI is InChI=1S/C24H33ClN4O2/c1-17(2)14-29(20-7-5-4-6-8-20)22-10-9-19(18(3)15-31-16-30)13-21(22)27-23-11-12-26-24(25)28-23/h9-13,16-18,20H,4-8,14-15H2,1-3H3,(H,26,27,28)/t18-/m1/s1. The summed E-state index contributed by atoms with van der Waals surface area (Å²) >= 11 is 6.02. The van der Waals surface area contributed by atoms with E-state index >= 15 is 0 Å². The predicted octanol–water partition coefficient (Wildman–Crippen LogP) is 5.95. The number of carbonyl (C=O) groups is 1. The van der Waals surface area contributed by atoms with Gasteiger partial charge in [0.25, 0.3) is 6.47 Å². The van der Waals surface area contributed by atoms with Gasteiger partial charge in [0.05, 0.1) is 18.0 Å². The molecular weight excluding hydrogens is 412 g/mol. The summed E-state index contributed by atoms with van der Waals surface area (Å²) in [6.07, 6.45) is 7.97. The average Bonchev–Trinajstić information content (AvgIpc) is 2.76. The first-order chi connectivity index (χ1) is 15.0. The van der Waals surface area contributed by atoms with Crippen molar-refractivity contribution in [3.05, 3.63) is 41.3 Å². The highest BCUT2D eigenvalue weighted by Gasteiger charge is 2.25. The number of anilines is 3. The zero-order chi connectivity index (χ0) is 22.2. The Labute approximate surface area is 190 Å². The number of benzene rings is 1. The van der Waals surface area contributed by atoms with Crippen LogP contribution in [0.25, 0.3) is 0 Å². The third-order valence-electron chi connectivity index (χ3n) is 5.78. The Morgan fingerprint density at radius 3 is 2.68 bits per heavy atom. The van der Waals surface area contributed by atoms with E-state index in [0.29, 0.717) is 30.9 Å². The van der Waals surface area contributed by atoms with Gasteiger partial charge in [-0.2, -0.15) is 0 Å². The number of aromatic nitrogens is 2. The van der Waals surface area contributed by atoms with Crippen molar-refractivity contribution in [2.75, 3.05) is 23.4 Å². The van der Waals surface area contributed by atoms with Crippen molar-refractivity contribution in [2.24, 2.45) is 5.92 Å². The molecule has 0 saturated heterocycles. The zero-order valence-electron chi connectivity index (χ0n) is 18.7. The van der Waals surface area contributed by atoms with Crippen LogP contribution < -0.4 is 10.2 Å². The van der Waals surface area contributed by atoms with Gasteiger partial charge in [-0.1, -0.05) is 46.1 Å². The van der Waals surface area contributed by atoms with Crippen LogP contribution in [0.15, 0.2) is 30.5 Å². The minimum absolute atomic E-state index is 0.0852. The van der Waals surface area contributed by atoms with Crippen LogP contribution in [0.1, 0.15) is 64.4 Å². The molecule has 31 heavy (non-hydrogen) atoms. The van der Waals surface area contributed by atoms with E-state index in [1.54, 1.807) is 6.20 Å². The summed E-state index contributed by atoms with van der Waals surface area (Å²) in [4.78, 5) is 21.5. The van der Waals surface area contributed by atoms with Crippen LogP contribution in [0.2, 0.25) is 5.28 Å². The van der Waals surface area contributed by atoms with Crippen LogP contribution in [0.4, 0.5) is 17.2 Å². The molecule has 2 aromatic rings. The quantitative estimate of drug-likeness (QED) is 0.361. The second-order valence-electron chi connectivity index (χ2n) is 8.78. The lowest BCUT2D eigenvalue weighted by atomic mass is 9.92. The molecule has 3 rings (SSSR count). The molecule has 7 heteroatoms. The fraction of sp³-hybridized carbons (Fsp3) is 0.542. The Balaban J connectivity index is 1.99. The van der Waals surface area contributed by atoms with E-state index in [1.807, 2.05) is 6.07 Å². The lowest BCUT2D eigenvalue weighted by Gasteiger charge is -2.38. The minimum Gasteiger partial charge on any atom is -0.467 e. The first-order valence-corrected chi connectivity index (χ1v) is 11.6. The Morgan fingerprint density at radius 2 is 2.00 bits per heavy atom. The molecule has 6 nitrogen and oxygen atoms in total. The molecule has 0 unspecified atom stereocenters. The minimum atomic E-state index is 0.0852. The average molecular weight is 445 g/mol. The van der Waals surface area contributed by atoms with Gasteiger partial charge in [-0.15, -0.1) is 0 Å². The van der Waals surface area contributed by atoms with Gasteiger partial charge in [-0.05, 0) is 54.1 Å². The number of carbonyl (C=O) groups excluding carboxylic acids is 1. The normalized spacial score (nSPS) is 15.5. The summed E-state index contributed by atoms with van der Waals surface area (Å²) in [5, 5.41) is 3.68. The van der Waals surface area contributed by atoms with Gasteiger partial charge in [0, 0.05) is 24.7 Å². The molecule has 0 radical (unpaired) electrons. The molecule has 0 amide bonds. The van der Waals surface area contributed by atoms with Crippen molar-refractivity contribution in [3.8, 4) is 0 Å². The van der Waals surface area contributed by atoms with Gasteiger partial charge >= 0.3 is 0 Å². The van der Waals surface area contributed by atoms with E-state index in [9.17, 15) is 4.79 Å². The van der Waals surface area contributed by atoms with Crippen molar-refractivity contribution in [2.45, 2.75) is 64.8 Å². The summed E-state index contributed by atoms with van der Waals surface area (Å²) in [5.41, 5.74) is 3.25. The van der Waals surface area contributed by atoms with Gasteiger partial charge in [0.2, 0.25) is 5.28 Å². The summed E-state index contributed by atoms with van der Waals surface area (Å²) in [6.45, 7) is 8.42. The molecule has 1 aromatic heterocycles. The number of hydrogen-bond acceptors (Lipinski definition) is 6. The molecule has 1 atom stereocenters. The first kappa shape index (κ1) is 23.3. The number of rotatable bonds is 10. The van der Waals surface area contributed by atoms with Crippen LogP contribution in [-0.2, 0) is 9.53 Å². The van der Waals surface area contributed by atoms with E-state index in [4.69, 9.17) is 16.3 Å². The molecule has 1 aliphatic rings. The second-order valence-corrected chi connectivity index (χ2v) is 9.12. The SMILES string of the molecule is CC(C)CN(c1ccc([C@H](C)COC=O)cc1Nc1ccnc(Cl)n1)C1CCCCC1. The van der Waals surface area contributed by atoms with Crippen molar-refractivity contribution < 1.29 is 9.53 Å². The van der Waals surface area contributed by atoms with E-state index in [2.05, 4.69) is 59.2 Å². The van der Waals surface area contributed by atoms with Crippen LogP contribution in [0.3, 0.4) is 0 Å². The smallest absolute Gasteiger partial charge is 0.293 e. The molecule has 1 aliphatic carbocycles. The van der Waals surface area contributed by atoms with Crippen molar-refractivity contribution >= 4 is 35.3 Å². The summed E-state index contributed by atoms with van der Waals surface area (Å²) in [5.74, 6) is 1.29. The fourth-order valence-corrected chi connectivity index (χ4v) is 4.41. The Bertz CT molecular complexity index is 855. The van der Waals surface area contributed by atoms with Gasteiger partial charge in [0.15, 0.2) is 0 Å². The molecule has 1 fully saturated rings. The number of nitrogens with one attached hydrogen (secondary N) is 1. The molecular formula is C24H33ClN4O2. The number of nitrogens with zero attached hydrogens (tertiary/aromatic N) is 3. The molecule has 0 aliphatic heterocycles. The van der Waals surface area contributed by atoms with Gasteiger partial charge < -0.3 is 15.0 Å². The maximum atomic E-state index is 10.6. The molecule has 1 saturated carbocycles. The van der Waals surface area contributed by atoms with E-state index in [0.717, 1.165) is 17.8 Å². The molecule has 168 valence electrons. The molecule has 0 spiro atoms. The van der Waals surface area contributed by atoms with Crippen LogP contribution in [-0.4, -0.2) is 35.6 Å². The highest BCUT2D eigenvalue weighted by Crippen LogP contribution is 2.36. The van der Waals surface area contributed by atoms with Gasteiger partial charge in [-0.25, -0.2) is 9.97 Å². The molecule has 0 bridgehead atoms. The Kier molecular flexibility index (Phi) is 8.52. The van der Waals surface area contributed by atoms with E-state index < -0.39 is 0 Å². The van der Waals surface area contributed by atoms with E-state index in [1.165, 1.54) is 37.8 Å². The van der Waals surface area contributed by atoms with Crippen LogP contribution in [0, 0.1) is 5.92 Å². The maximum Gasteiger partial charge on any atom is 0.293 e. The third kappa shape index (κ3) is 6.57.